The molecule has 1 atom stereocenters. The first-order chi connectivity index (χ1) is 18.1. The van der Waals surface area contributed by atoms with Crippen LogP contribution in [-0.2, 0) is 26.3 Å². The lowest BCUT2D eigenvalue weighted by atomic mass is 9.85. The molecule has 1 saturated heterocycles. The SMILES string of the molecule is COCCN1C(=O)C(=O)/C(=C(/O)c2ccc(OCc3cccc(C)c3)cc2)[C@@H]1c1ccc(C(C)(C)C)cc1. The number of carbonyl (C=O) groups is 2. The standard InChI is InChI=1S/C32H35NO5/c1-21-7-6-8-22(19-21)20-38-26-15-11-24(12-16-26)29(34)27-28(33(17-18-37-5)31(36)30(27)35)23-9-13-25(14-10-23)32(2,3)4/h6-16,19,28,34H,17-18,20H2,1-5H3/b29-27+/t28-/m0/s1. The first-order valence-corrected chi connectivity index (χ1v) is 12.8. The Balaban J connectivity index is 1.65. The fourth-order valence-electron chi connectivity index (χ4n) is 4.65. The monoisotopic (exact) mass is 513 g/mol. The van der Waals surface area contributed by atoms with Crippen LogP contribution in [0.4, 0.5) is 0 Å². The van der Waals surface area contributed by atoms with E-state index >= 15 is 0 Å². The Morgan fingerprint density at radius 3 is 2.26 bits per heavy atom. The predicted molar refractivity (Wildman–Crippen MR) is 148 cm³/mol. The van der Waals surface area contributed by atoms with Crippen LogP contribution in [0.25, 0.3) is 5.76 Å². The summed E-state index contributed by atoms with van der Waals surface area (Å²) in [6.07, 6.45) is 0. The molecule has 4 rings (SSSR count). The number of methoxy groups -OCH3 is 1. The van der Waals surface area contributed by atoms with Crippen LogP contribution >= 0.6 is 0 Å². The summed E-state index contributed by atoms with van der Waals surface area (Å²) in [4.78, 5) is 27.7. The van der Waals surface area contributed by atoms with Gasteiger partial charge in [-0.25, -0.2) is 0 Å². The van der Waals surface area contributed by atoms with E-state index in [1.165, 1.54) is 4.90 Å². The first kappa shape index (κ1) is 27.1. The van der Waals surface area contributed by atoms with E-state index < -0.39 is 17.7 Å². The average molecular weight is 514 g/mol. The molecule has 0 unspecified atom stereocenters. The van der Waals surface area contributed by atoms with Crippen molar-refractivity contribution in [1.82, 2.24) is 4.90 Å². The maximum Gasteiger partial charge on any atom is 0.295 e. The van der Waals surface area contributed by atoms with Gasteiger partial charge in [-0.2, -0.15) is 0 Å². The number of benzene rings is 3. The number of ether oxygens (including phenoxy) is 2. The number of aliphatic hydroxyl groups excluding tert-OH is 1. The van der Waals surface area contributed by atoms with Crippen molar-refractivity contribution < 1.29 is 24.2 Å². The van der Waals surface area contributed by atoms with Crippen LogP contribution in [0.1, 0.15) is 54.6 Å². The number of ketones is 1. The van der Waals surface area contributed by atoms with Crippen LogP contribution in [0.2, 0.25) is 0 Å². The van der Waals surface area contributed by atoms with Crippen molar-refractivity contribution in [1.29, 1.82) is 0 Å². The van der Waals surface area contributed by atoms with Crippen LogP contribution < -0.4 is 4.74 Å². The molecule has 1 aliphatic rings. The molecule has 0 radical (unpaired) electrons. The summed E-state index contributed by atoms with van der Waals surface area (Å²) in [6, 6.07) is 22.1. The highest BCUT2D eigenvalue weighted by Gasteiger charge is 2.45. The average Bonchev–Trinajstić information content (AvgIpc) is 3.15. The van der Waals surface area contributed by atoms with E-state index in [0.717, 1.165) is 22.3 Å². The lowest BCUT2D eigenvalue weighted by Crippen LogP contribution is -2.32. The molecule has 0 spiro atoms. The van der Waals surface area contributed by atoms with E-state index in [4.69, 9.17) is 9.47 Å². The van der Waals surface area contributed by atoms with E-state index in [9.17, 15) is 14.7 Å². The van der Waals surface area contributed by atoms with Crippen molar-refractivity contribution >= 4 is 17.4 Å². The van der Waals surface area contributed by atoms with E-state index in [-0.39, 0.29) is 29.9 Å². The van der Waals surface area contributed by atoms with Gasteiger partial charge in [-0.15, -0.1) is 0 Å². The van der Waals surface area contributed by atoms with Crippen LogP contribution in [0.3, 0.4) is 0 Å². The van der Waals surface area contributed by atoms with Gasteiger partial charge in [-0.05, 0) is 53.3 Å². The minimum atomic E-state index is -0.712. The smallest absolute Gasteiger partial charge is 0.295 e. The maximum atomic E-state index is 13.2. The molecule has 198 valence electrons. The van der Waals surface area contributed by atoms with Gasteiger partial charge in [0.15, 0.2) is 0 Å². The Hall–Kier alpha value is -3.90. The molecule has 0 aromatic heterocycles. The Morgan fingerprint density at radius 2 is 1.66 bits per heavy atom. The number of hydrogen-bond acceptors (Lipinski definition) is 5. The third kappa shape index (κ3) is 5.81. The normalized spacial score (nSPS) is 17.2. The Kier molecular flexibility index (Phi) is 8.02. The molecule has 0 saturated carbocycles. The molecule has 1 amide bonds. The minimum Gasteiger partial charge on any atom is -0.507 e. The van der Waals surface area contributed by atoms with Crippen LogP contribution in [0.15, 0.2) is 78.4 Å². The Morgan fingerprint density at radius 1 is 0.974 bits per heavy atom. The van der Waals surface area contributed by atoms with Gasteiger partial charge in [0.2, 0.25) is 0 Å². The number of hydrogen-bond donors (Lipinski definition) is 1. The summed E-state index contributed by atoms with van der Waals surface area (Å²) in [7, 11) is 1.55. The molecular formula is C32H35NO5. The summed E-state index contributed by atoms with van der Waals surface area (Å²) in [5, 5.41) is 11.3. The molecule has 3 aromatic carbocycles. The summed E-state index contributed by atoms with van der Waals surface area (Å²) >= 11 is 0. The Labute approximate surface area is 224 Å². The maximum absolute atomic E-state index is 13.2. The highest BCUT2D eigenvalue weighted by Crippen LogP contribution is 2.40. The van der Waals surface area contributed by atoms with Crippen LogP contribution in [0.5, 0.6) is 5.75 Å². The van der Waals surface area contributed by atoms with Gasteiger partial charge >= 0.3 is 0 Å². The molecule has 1 fully saturated rings. The van der Waals surface area contributed by atoms with Crippen LogP contribution in [-0.4, -0.2) is 42.0 Å². The number of amides is 1. The van der Waals surface area contributed by atoms with Gasteiger partial charge in [-0.3, -0.25) is 9.59 Å². The van der Waals surface area contributed by atoms with Gasteiger partial charge in [0.1, 0.15) is 18.1 Å². The highest BCUT2D eigenvalue weighted by atomic mass is 16.5. The number of aryl methyl sites for hydroxylation is 1. The fraction of sp³-hybridized carbons (Fsp3) is 0.312. The van der Waals surface area contributed by atoms with Crippen molar-refractivity contribution in [3.8, 4) is 5.75 Å². The zero-order valence-corrected chi connectivity index (χ0v) is 22.7. The largest absolute Gasteiger partial charge is 0.507 e. The number of nitrogens with zero attached hydrogens (tertiary/aromatic N) is 1. The zero-order chi connectivity index (χ0) is 27.4. The van der Waals surface area contributed by atoms with Gasteiger partial charge in [0.05, 0.1) is 18.2 Å². The van der Waals surface area contributed by atoms with E-state index in [2.05, 4.69) is 26.8 Å². The van der Waals surface area contributed by atoms with Crippen molar-refractivity contribution in [3.05, 3.63) is 106 Å². The van der Waals surface area contributed by atoms with E-state index in [1.807, 2.05) is 49.4 Å². The molecule has 1 N–H and O–H groups in total. The molecule has 6 nitrogen and oxygen atoms in total. The van der Waals surface area contributed by atoms with Crippen molar-refractivity contribution in [2.24, 2.45) is 0 Å². The Bertz CT molecular complexity index is 1330. The lowest BCUT2D eigenvalue weighted by molar-refractivity contribution is -0.140. The number of carbonyl (C=O) groups excluding carboxylic acids is 2. The second-order valence-corrected chi connectivity index (χ2v) is 10.7. The van der Waals surface area contributed by atoms with Gasteiger partial charge < -0.3 is 19.5 Å². The highest BCUT2D eigenvalue weighted by molar-refractivity contribution is 6.46. The number of rotatable bonds is 8. The van der Waals surface area contributed by atoms with E-state index in [1.54, 1.807) is 31.4 Å². The molecule has 1 heterocycles. The molecule has 1 aliphatic heterocycles. The zero-order valence-electron chi connectivity index (χ0n) is 22.7. The molecule has 0 aliphatic carbocycles. The lowest BCUT2D eigenvalue weighted by Gasteiger charge is -2.26. The third-order valence-corrected chi connectivity index (χ3v) is 6.78. The molecule has 38 heavy (non-hydrogen) atoms. The summed E-state index contributed by atoms with van der Waals surface area (Å²) in [5.74, 6) is -0.925. The molecule has 6 heteroatoms. The predicted octanol–water partition coefficient (Wildman–Crippen LogP) is 5.94. The molecule has 0 bridgehead atoms. The quantitative estimate of drug-likeness (QED) is 0.229. The van der Waals surface area contributed by atoms with Crippen molar-refractivity contribution in [3.63, 3.8) is 0 Å². The van der Waals surface area contributed by atoms with Crippen molar-refractivity contribution in [2.75, 3.05) is 20.3 Å². The topological polar surface area (TPSA) is 76.1 Å². The summed E-state index contributed by atoms with van der Waals surface area (Å²) in [5.41, 5.74) is 4.59. The molecular weight excluding hydrogens is 478 g/mol. The number of aliphatic hydroxyl groups is 1. The van der Waals surface area contributed by atoms with Gasteiger partial charge in [-0.1, -0.05) is 74.9 Å². The van der Waals surface area contributed by atoms with Gasteiger partial charge in [0.25, 0.3) is 11.7 Å². The second kappa shape index (κ2) is 11.2. The van der Waals surface area contributed by atoms with Gasteiger partial charge in [0, 0.05) is 19.2 Å². The van der Waals surface area contributed by atoms with E-state index in [0.29, 0.717) is 17.9 Å². The third-order valence-electron chi connectivity index (χ3n) is 6.78. The minimum absolute atomic E-state index is 0.0421. The van der Waals surface area contributed by atoms with Crippen molar-refractivity contribution in [2.45, 2.75) is 45.8 Å². The molecule has 3 aromatic rings. The summed E-state index contributed by atoms with van der Waals surface area (Å²) < 4.78 is 11.1. The number of likely N-dealkylation sites (tertiary alicyclic amines) is 1. The number of Topliss-reactive ketones (excluding diaryl/α,β-unsaturated/α-hetero) is 1. The first-order valence-electron chi connectivity index (χ1n) is 12.8. The summed E-state index contributed by atoms with van der Waals surface area (Å²) in [6.45, 7) is 9.34. The fourth-order valence-corrected chi connectivity index (χ4v) is 4.65. The second-order valence-electron chi connectivity index (χ2n) is 10.7. The van der Waals surface area contributed by atoms with Crippen LogP contribution in [0, 0.1) is 6.92 Å².